The maximum atomic E-state index is 11.8. The van der Waals surface area contributed by atoms with Crippen molar-refractivity contribution in [3.8, 4) is 0 Å². The normalized spacial score (nSPS) is 29.8. The number of nitrogens with zero attached hydrogens (tertiary/aromatic N) is 4. The summed E-state index contributed by atoms with van der Waals surface area (Å²) in [4.78, 5) is 44.4. The third-order valence-electron chi connectivity index (χ3n) is 8.76. The minimum atomic E-state index is -1.22. The molecule has 37 heavy (non-hydrogen) atoms. The summed E-state index contributed by atoms with van der Waals surface area (Å²) in [7, 11) is 0. The Bertz CT molecular complexity index is 1250. The first-order valence-electron chi connectivity index (χ1n) is 11.8. The summed E-state index contributed by atoms with van der Waals surface area (Å²) in [5, 5.41) is 58.7. The molecule has 0 unspecified atom stereocenters. The molecule has 0 amide bonds. The van der Waals surface area contributed by atoms with Crippen molar-refractivity contribution in [3.63, 3.8) is 0 Å². The molecular formula is C24H24N4O9. The summed E-state index contributed by atoms with van der Waals surface area (Å²) in [5.41, 5.74) is -3.89. The molecule has 0 radical (unpaired) electrons. The first kappa shape index (κ1) is 24.7. The van der Waals surface area contributed by atoms with Crippen LogP contribution >= 0.6 is 0 Å². The molecule has 0 spiro atoms. The van der Waals surface area contributed by atoms with Crippen LogP contribution in [0.4, 0.5) is 22.7 Å². The van der Waals surface area contributed by atoms with Crippen LogP contribution in [0, 0.1) is 60.2 Å². The van der Waals surface area contributed by atoms with E-state index in [-0.39, 0.29) is 52.6 Å². The van der Waals surface area contributed by atoms with Gasteiger partial charge >= 0.3 is 0 Å². The average Bonchev–Trinajstić information content (AvgIpc) is 2.76. The predicted molar refractivity (Wildman–Crippen MR) is 128 cm³/mol. The fraction of sp³-hybridized carbons (Fsp3) is 0.500. The molecule has 194 valence electrons. The van der Waals surface area contributed by atoms with Gasteiger partial charge < -0.3 is 5.11 Å². The summed E-state index contributed by atoms with van der Waals surface area (Å²) in [6, 6.07) is 5.36. The molecule has 4 bridgehead atoms. The van der Waals surface area contributed by atoms with Crippen molar-refractivity contribution in [2.45, 2.75) is 68.8 Å². The van der Waals surface area contributed by atoms with Crippen molar-refractivity contribution in [1.29, 1.82) is 0 Å². The van der Waals surface area contributed by atoms with E-state index in [9.17, 15) is 45.6 Å². The molecule has 2 aromatic carbocycles. The van der Waals surface area contributed by atoms with Crippen LogP contribution in [-0.2, 0) is 10.8 Å². The van der Waals surface area contributed by atoms with Gasteiger partial charge in [0.1, 0.15) is 11.1 Å². The number of hydrogen-bond donors (Lipinski definition) is 1. The number of benzene rings is 2. The molecule has 0 saturated heterocycles. The molecule has 4 fully saturated rings. The number of hydrogen-bond acceptors (Lipinski definition) is 9. The lowest BCUT2D eigenvalue weighted by Crippen LogP contribution is -2.63. The first-order valence-corrected chi connectivity index (χ1v) is 11.8. The molecular weight excluding hydrogens is 488 g/mol. The molecule has 2 aromatic rings. The van der Waals surface area contributed by atoms with Gasteiger partial charge in [-0.05, 0) is 80.2 Å². The van der Waals surface area contributed by atoms with Gasteiger partial charge in [-0.1, -0.05) is 0 Å². The highest BCUT2D eigenvalue weighted by atomic mass is 16.6. The van der Waals surface area contributed by atoms with Crippen LogP contribution in [0.25, 0.3) is 0 Å². The van der Waals surface area contributed by atoms with Gasteiger partial charge in [0.25, 0.3) is 22.7 Å². The molecule has 0 aromatic heterocycles. The number of nitro benzene ring substituents is 4. The van der Waals surface area contributed by atoms with Gasteiger partial charge in [0.15, 0.2) is 0 Å². The Morgan fingerprint density at radius 2 is 0.973 bits per heavy atom. The van der Waals surface area contributed by atoms with Crippen molar-refractivity contribution >= 4 is 22.7 Å². The molecule has 6 rings (SSSR count). The Morgan fingerprint density at radius 1 is 0.649 bits per heavy atom. The van der Waals surface area contributed by atoms with Gasteiger partial charge in [-0.2, -0.15) is 0 Å². The second-order valence-electron chi connectivity index (χ2n) is 11.1. The highest BCUT2D eigenvalue weighted by Gasteiger charge is 2.64. The van der Waals surface area contributed by atoms with E-state index in [1.807, 2.05) is 0 Å². The van der Waals surface area contributed by atoms with Crippen LogP contribution in [0.2, 0.25) is 0 Å². The summed E-state index contributed by atoms with van der Waals surface area (Å²) < 4.78 is 0. The molecule has 4 saturated carbocycles. The Kier molecular flexibility index (Phi) is 5.17. The standard InChI is InChI=1S/C24H24N4O9/c1-13-18(25(30)31)3-16(4-19(13)26(32)33)22-7-15-8-23(10-22,12-24(29,9-15)11-22)17-5-20(27(34)35)14(2)21(6-17)28(36)37/h3-6,15,29H,7-12H2,1-2H3/t15?,22-,23-,24?/m1/s1. The molecule has 0 heterocycles. The highest BCUT2D eigenvalue weighted by molar-refractivity contribution is 5.60. The van der Waals surface area contributed by atoms with Crippen molar-refractivity contribution in [1.82, 2.24) is 0 Å². The SMILES string of the molecule is Cc1c([N+](=O)[O-])cc([C@@]23CC4CC(O)(C2)C[C@@](c2cc([N+](=O)[O-])c(C)c([N+](=O)[O-])c2)(C4)C3)cc1[N+](=O)[O-]. The molecule has 2 atom stereocenters. The van der Waals surface area contributed by atoms with E-state index in [1.54, 1.807) is 0 Å². The molecule has 13 heteroatoms. The Balaban J connectivity index is 1.73. The first-order chi connectivity index (χ1) is 17.2. The number of rotatable bonds is 6. The maximum absolute atomic E-state index is 11.8. The average molecular weight is 512 g/mol. The van der Waals surface area contributed by atoms with Crippen LogP contribution in [-0.4, -0.2) is 30.4 Å². The number of nitro groups is 4. The van der Waals surface area contributed by atoms with E-state index in [1.165, 1.54) is 38.1 Å². The predicted octanol–water partition coefficient (Wildman–Crippen LogP) is 4.84. The third-order valence-corrected chi connectivity index (χ3v) is 8.76. The quantitative estimate of drug-likeness (QED) is 0.416. The summed E-state index contributed by atoms with van der Waals surface area (Å²) in [6.07, 6.45) is 2.28. The van der Waals surface area contributed by atoms with Crippen LogP contribution in [0.15, 0.2) is 24.3 Å². The van der Waals surface area contributed by atoms with Crippen molar-refractivity contribution in [3.05, 3.63) is 87.0 Å². The van der Waals surface area contributed by atoms with Gasteiger partial charge in [-0.15, -0.1) is 0 Å². The lowest BCUT2D eigenvalue weighted by molar-refractivity contribution is -0.395. The zero-order valence-electron chi connectivity index (χ0n) is 20.1. The van der Waals surface area contributed by atoms with Crippen LogP contribution in [0.1, 0.15) is 60.8 Å². The van der Waals surface area contributed by atoms with Crippen LogP contribution in [0.5, 0.6) is 0 Å². The summed E-state index contributed by atoms with van der Waals surface area (Å²) in [5.74, 6) is -0.0694. The minimum Gasteiger partial charge on any atom is -0.390 e. The second kappa shape index (κ2) is 7.75. The zero-order chi connectivity index (χ0) is 27.1. The largest absolute Gasteiger partial charge is 0.390 e. The van der Waals surface area contributed by atoms with E-state index in [4.69, 9.17) is 0 Å². The van der Waals surface area contributed by atoms with Gasteiger partial charge in [0.2, 0.25) is 0 Å². The second-order valence-corrected chi connectivity index (χ2v) is 11.1. The minimum absolute atomic E-state index is 0.0679. The maximum Gasteiger partial charge on any atom is 0.279 e. The molecule has 0 aliphatic heterocycles. The Hall–Kier alpha value is -4.00. The molecule has 13 nitrogen and oxygen atoms in total. The fourth-order valence-electron chi connectivity index (χ4n) is 7.77. The smallest absolute Gasteiger partial charge is 0.279 e. The monoisotopic (exact) mass is 512 g/mol. The van der Waals surface area contributed by atoms with Gasteiger partial charge in [0, 0.05) is 24.3 Å². The van der Waals surface area contributed by atoms with E-state index >= 15 is 0 Å². The number of aliphatic hydroxyl groups is 1. The van der Waals surface area contributed by atoms with Crippen molar-refractivity contribution < 1.29 is 24.8 Å². The van der Waals surface area contributed by atoms with E-state index in [2.05, 4.69) is 0 Å². The van der Waals surface area contributed by atoms with Gasteiger partial charge in [0.05, 0.1) is 25.3 Å². The molecule has 4 aliphatic carbocycles. The highest BCUT2D eigenvalue weighted by Crippen LogP contribution is 2.68. The summed E-state index contributed by atoms with van der Waals surface area (Å²) >= 11 is 0. The Morgan fingerprint density at radius 3 is 1.24 bits per heavy atom. The Labute approximate surface area is 209 Å². The van der Waals surface area contributed by atoms with Crippen molar-refractivity contribution in [2.24, 2.45) is 5.92 Å². The van der Waals surface area contributed by atoms with Crippen LogP contribution < -0.4 is 0 Å². The van der Waals surface area contributed by atoms with E-state index in [0.717, 1.165) is 0 Å². The molecule has 4 aliphatic rings. The van der Waals surface area contributed by atoms with Gasteiger partial charge in [-0.3, -0.25) is 40.5 Å². The topological polar surface area (TPSA) is 193 Å². The van der Waals surface area contributed by atoms with Crippen molar-refractivity contribution in [2.75, 3.05) is 0 Å². The van der Waals surface area contributed by atoms with E-state index in [0.29, 0.717) is 36.8 Å². The lowest BCUT2D eigenvalue weighted by atomic mass is 9.40. The van der Waals surface area contributed by atoms with Gasteiger partial charge in [-0.25, -0.2) is 0 Å². The fourth-order valence-corrected chi connectivity index (χ4v) is 7.77. The lowest BCUT2D eigenvalue weighted by Gasteiger charge is -2.65. The summed E-state index contributed by atoms with van der Waals surface area (Å²) in [6.45, 7) is 2.64. The van der Waals surface area contributed by atoms with E-state index < -0.39 is 36.1 Å². The van der Waals surface area contributed by atoms with Crippen LogP contribution in [0.3, 0.4) is 0 Å². The molecule has 1 N–H and O–H groups in total. The third kappa shape index (κ3) is 3.64. The zero-order valence-corrected chi connectivity index (χ0v) is 20.1.